The van der Waals surface area contributed by atoms with Crippen LogP contribution in [0.15, 0.2) is 66.0 Å². The first kappa shape index (κ1) is 17.0. The van der Waals surface area contributed by atoms with E-state index >= 15 is 0 Å². The summed E-state index contributed by atoms with van der Waals surface area (Å²) >= 11 is 1.26. The number of thiophene rings is 1. The molecular formula is C18H12F3NO2S. The van der Waals surface area contributed by atoms with Gasteiger partial charge in [-0.1, -0.05) is 30.3 Å². The van der Waals surface area contributed by atoms with E-state index in [1.807, 2.05) is 18.2 Å². The van der Waals surface area contributed by atoms with E-state index in [9.17, 15) is 18.0 Å². The lowest BCUT2D eigenvalue weighted by atomic mass is 10.1. The number of rotatable bonds is 4. The Balaban J connectivity index is 1.71. The molecule has 1 heterocycles. The van der Waals surface area contributed by atoms with Crippen molar-refractivity contribution in [2.45, 2.75) is 6.36 Å². The van der Waals surface area contributed by atoms with Crippen molar-refractivity contribution in [1.82, 2.24) is 0 Å². The fraction of sp³-hybridized carbons (Fsp3) is 0.0556. The summed E-state index contributed by atoms with van der Waals surface area (Å²) in [5.41, 5.74) is 2.14. The zero-order valence-electron chi connectivity index (χ0n) is 12.7. The van der Waals surface area contributed by atoms with Crippen molar-refractivity contribution in [3.63, 3.8) is 0 Å². The highest BCUT2D eigenvalue weighted by Crippen LogP contribution is 2.29. The minimum atomic E-state index is -4.72. The van der Waals surface area contributed by atoms with E-state index in [-0.39, 0.29) is 11.7 Å². The van der Waals surface area contributed by atoms with Gasteiger partial charge in [0.2, 0.25) is 0 Å². The minimum Gasteiger partial charge on any atom is -0.406 e. The van der Waals surface area contributed by atoms with E-state index in [4.69, 9.17) is 0 Å². The van der Waals surface area contributed by atoms with Crippen molar-refractivity contribution in [2.75, 3.05) is 5.32 Å². The van der Waals surface area contributed by atoms with Gasteiger partial charge >= 0.3 is 6.36 Å². The van der Waals surface area contributed by atoms with Gasteiger partial charge in [0.1, 0.15) is 5.75 Å². The zero-order chi connectivity index (χ0) is 17.9. The zero-order valence-corrected chi connectivity index (χ0v) is 13.5. The van der Waals surface area contributed by atoms with E-state index in [0.29, 0.717) is 16.1 Å². The van der Waals surface area contributed by atoms with E-state index in [1.165, 1.54) is 35.6 Å². The van der Waals surface area contributed by atoms with Crippen molar-refractivity contribution in [3.8, 4) is 16.9 Å². The number of hydrogen-bond donors (Lipinski definition) is 1. The maximum atomic E-state index is 12.2. The first-order valence-corrected chi connectivity index (χ1v) is 8.10. The number of amides is 1. The molecule has 1 N–H and O–H groups in total. The van der Waals surface area contributed by atoms with E-state index < -0.39 is 6.36 Å². The number of anilines is 1. The number of hydrogen-bond acceptors (Lipinski definition) is 3. The number of nitrogens with one attached hydrogen (secondary N) is 1. The van der Waals surface area contributed by atoms with Crippen LogP contribution in [0.1, 0.15) is 9.67 Å². The molecule has 1 amide bonds. The van der Waals surface area contributed by atoms with E-state index in [1.54, 1.807) is 23.6 Å². The van der Waals surface area contributed by atoms with Crippen molar-refractivity contribution < 1.29 is 22.7 Å². The van der Waals surface area contributed by atoms with Crippen LogP contribution in [0.25, 0.3) is 11.1 Å². The average Bonchev–Trinajstić information content (AvgIpc) is 3.05. The SMILES string of the molecule is O=C(Nc1ccccc1)c1cc(-c2ccc(OC(F)(F)F)cc2)cs1. The highest BCUT2D eigenvalue weighted by molar-refractivity contribution is 7.12. The molecule has 0 atom stereocenters. The lowest BCUT2D eigenvalue weighted by molar-refractivity contribution is -0.274. The summed E-state index contributed by atoms with van der Waals surface area (Å²) in [6.07, 6.45) is -4.72. The van der Waals surface area contributed by atoms with Crippen LogP contribution in [0.2, 0.25) is 0 Å². The highest BCUT2D eigenvalue weighted by Gasteiger charge is 2.30. The third kappa shape index (κ3) is 4.60. The molecule has 0 bridgehead atoms. The second-order valence-electron chi connectivity index (χ2n) is 5.09. The third-order valence-corrected chi connectivity index (χ3v) is 4.21. The molecule has 0 aliphatic heterocycles. The Labute approximate surface area is 145 Å². The molecular weight excluding hydrogens is 351 g/mol. The fourth-order valence-corrected chi connectivity index (χ4v) is 2.98. The third-order valence-electron chi connectivity index (χ3n) is 3.28. The van der Waals surface area contributed by atoms with Crippen LogP contribution in [-0.4, -0.2) is 12.3 Å². The first-order chi connectivity index (χ1) is 11.9. The minimum absolute atomic E-state index is 0.237. The predicted molar refractivity (Wildman–Crippen MR) is 90.8 cm³/mol. The quantitative estimate of drug-likeness (QED) is 0.658. The predicted octanol–water partition coefficient (Wildman–Crippen LogP) is 5.57. The highest BCUT2D eigenvalue weighted by atomic mass is 32.1. The summed E-state index contributed by atoms with van der Waals surface area (Å²) in [6.45, 7) is 0. The van der Waals surface area contributed by atoms with Gasteiger partial charge < -0.3 is 10.1 Å². The molecule has 3 rings (SSSR count). The standard InChI is InChI=1S/C18H12F3NO2S/c19-18(20,21)24-15-8-6-12(7-9-15)13-10-16(25-11-13)17(23)22-14-4-2-1-3-5-14/h1-11H,(H,22,23). The number of para-hydroxylation sites is 1. The molecule has 3 nitrogen and oxygen atoms in total. The molecule has 0 radical (unpaired) electrons. The Morgan fingerprint density at radius 3 is 2.28 bits per heavy atom. The van der Waals surface area contributed by atoms with Crippen LogP contribution in [0.5, 0.6) is 5.75 Å². The molecule has 1 aromatic heterocycles. The Morgan fingerprint density at radius 2 is 1.64 bits per heavy atom. The van der Waals surface area contributed by atoms with E-state index in [0.717, 1.165) is 5.56 Å². The Bertz CT molecular complexity index is 858. The number of alkyl halides is 3. The average molecular weight is 363 g/mol. The normalized spacial score (nSPS) is 11.2. The number of carbonyl (C=O) groups is 1. The summed E-state index contributed by atoms with van der Waals surface area (Å²) in [5.74, 6) is -0.520. The molecule has 25 heavy (non-hydrogen) atoms. The van der Waals surface area contributed by atoms with Crippen molar-refractivity contribution >= 4 is 22.9 Å². The summed E-state index contributed by atoms with van der Waals surface area (Å²) in [4.78, 5) is 12.7. The molecule has 0 saturated carbocycles. The Morgan fingerprint density at radius 1 is 0.960 bits per heavy atom. The maximum absolute atomic E-state index is 12.2. The molecule has 0 spiro atoms. The Kier molecular flexibility index (Phi) is 4.76. The molecule has 0 fully saturated rings. The fourth-order valence-electron chi connectivity index (χ4n) is 2.17. The van der Waals surface area contributed by atoms with Gasteiger partial charge in [-0.25, -0.2) is 0 Å². The molecule has 0 aliphatic carbocycles. The molecule has 0 unspecified atom stereocenters. The lowest BCUT2D eigenvalue weighted by Gasteiger charge is -2.08. The van der Waals surface area contributed by atoms with Gasteiger partial charge in [0.25, 0.3) is 5.91 Å². The van der Waals surface area contributed by atoms with Crippen LogP contribution < -0.4 is 10.1 Å². The first-order valence-electron chi connectivity index (χ1n) is 7.22. The number of carbonyl (C=O) groups excluding carboxylic acids is 1. The van der Waals surface area contributed by atoms with E-state index in [2.05, 4.69) is 10.1 Å². The van der Waals surface area contributed by atoms with Crippen molar-refractivity contribution in [1.29, 1.82) is 0 Å². The van der Waals surface area contributed by atoms with Crippen LogP contribution in [-0.2, 0) is 0 Å². The lowest BCUT2D eigenvalue weighted by Crippen LogP contribution is -2.16. The molecule has 128 valence electrons. The van der Waals surface area contributed by atoms with Gasteiger partial charge in [-0.2, -0.15) is 0 Å². The summed E-state index contributed by atoms with van der Waals surface area (Å²) in [6, 6.07) is 16.3. The van der Waals surface area contributed by atoms with Gasteiger partial charge in [0, 0.05) is 5.69 Å². The number of halogens is 3. The van der Waals surface area contributed by atoms with Crippen LogP contribution in [0.3, 0.4) is 0 Å². The summed E-state index contributed by atoms with van der Waals surface area (Å²) < 4.78 is 40.4. The number of benzene rings is 2. The largest absolute Gasteiger partial charge is 0.573 e. The van der Waals surface area contributed by atoms with Crippen LogP contribution in [0.4, 0.5) is 18.9 Å². The van der Waals surface area contributed by atoms with Gasteiger partial charge in [0.05, 0.1) is 4.88 Å². The summed E-state index contributed by atoms with van der Waals surface area (Å²) in [7, 11) is 0. The van der Waals surface area contributed by atoms with Gasteiger partial charge in [-0.3, -0.25) is 4.79 Å². The topological polar surface area (TPSA) is 38.3 Å². The molecule has 0 aliphatic rings. The molecule has 2 aromatic carbocycles. The molecule has 7 heteroatoms. The molecule has 3 aromatic rings. The van der Waals surface area contributed by atoms with Crippen molar-refractivity contribution in [3.05, 3.63) is 70.9 Å². The van der Waals surface area contributed by atoms with Gasteiger partial charge in [0.15, 0.2) is 0 Å². The van der Waals surface area contributed by atoms with Gasteiger partial charge in [-0.15, -0.1) is 24.5 Å². The number of ether oxygens (including phenoxy) is 1. The second kappa shape index (κ2) is 6.98. The monoisotopic (exact) mass is 363 g/mol. The van der Waals surface area contributed by atoms with Crippen molar-refractivity contribution in [2.24, 2.45) is 0 Å². The van der Waals surface area contributed by atoms with Crippen LogP contribution >= 0.6 is 11.3 Å². The maximum Gasteiger partial charge on any atom is 0.573 e. The summed E-state index contributed by atoms with van der Waals surface area (Å²) in [5, 5.41) is 4.56. The van der Waals surface area contributed by atoms with Gasteiger partial charge in [-0.05, 0) is 46.8 Å². The Hall–Kier alpha value is -2.80. The molecule has 0 saturated heterocycles. The second-order valence-corrected chi connectivity index (χ2v) is 6.00. The van der Waals surface area contributed by atoms with Crippen LogP contribution in [0, 0.1) is 0 Å². The smallest absolute Gasteiger partial charge is 0.406 e.